The van der Waals surface area contributed by atoms with Crippen molar-refractivity contribution in [1.82, 2.24) is 0 Å². The number of nitrogens with zero attached hydrogens (tertiary/aromatic N) is 2. The molecule has 0 spiro atoms. The third-order valence-electron chi connectivity index (χ3n) is 4.63. The van der Waals surface area contributed by atoms with Gasteiger partial charge in [-0.15, -0.1) is 15.7 Å². The molecule has 3 aromatic rings. The van der Waals surface area contributed by atoms with Crippen LogP contribution in [0.15, 0.2) is 57.1 Å². The fourth-order valence-electron chi connectivity index (χ4n) is 3.23. The van der Waals surface area contributed by atoms with E-state index in [1.807, 2.05) is 40.6 Å². The summed E-state index contributed by atoms with van der Waals surface area (Å²) in [5, 5.41) is 3.55. The summed E-state index contributed by atoms with van der Waals surface area (Å²) >= 11 is 2.89. The van der Waals surface area contributed by atoms with E-state index in [2.05, 4.69) is 4.40 Å². The normalized spacial score (nSPS) is 17.1. The molecule has 0 aliphatic carbocycles. The molecule has 3 heterocycles. The van der Waals surface area contributed by atoms with Gasteiger partial charge in [0.05, 0.1) is 17.0 Å². The van der Waals surface area contributed by atoms with E-state index in [0.29, 0.717) is 17.3 Å². The molecule has 0 amide bonds. The quantitative estimate of drug-likeness (QED) is 0.587. The number of hydrogen-bond acceptors (Lipinski definition) is 7. The number of thioether (sulfide) groups is 1. The summed E-state index contributed by atoms with van der Waals surface area (Å²) in [5.74, 6) is -0.410. The molecular formula is C19H14N2O4S3. The van der Waals surface area contributed by atoms with E-state index < -0.39 is 16.0 Å². The van der Waals surface area contributed by atoms with Crippen molar-refractivity contribution in [1.29, 1.82) is 0 Å². The molecule has 6 nitrogen and oxygen atoms in total. The van der Waals surface area contributed by atoms with E-state index in [4.69, 9.17) is 4.74 Å². The smallest absolute Gasteiger partial charge is 0.338 e. The topological polar surface area (TPSA) is 76.0 Å². The Labute approximate surface area is 169 Å². The van der Waals surface area contributed by atoms with Crippen LogP contribution < -0.4 is 4.90 Å². The molecule has 2 aliphatic rings. The lowest BCUT2D eigenvalue weighted by Gasteiger charge is -2.22. The van der Waals surface area contributed by atoms with E-state index in [-0.39, 0.29) is 12.4 Å². The van der Waals surface area contributed by atoms with E-state index in [1.54, 1.807) is 23.5 Å². The molecule has 0 radical (unpaired) electrons. The molecule has 0 fully saturated rings. The lowest BCUT2D eigenvalue weighted by atomic mass is 10.2. The first-order valence-electron chi connectivity index (χ1n) is 8.54. The Hall–Kier alpha value is -2.36. The van der Waals surface area contributed by atoms with Crippen LogP contribution >= 0.6 is 23.1 Å². The fraction of sp³-hybridized carbons (Fsp3) is 0.158. The number of anilines is 1. The summed E-state index contributed by atoms with van der Waals surface area (Å²) in [6.45, 7) is 0.584. The molecule has 28 heavy (non-hydrogen) atoms. The van der Waals surface area contributed by atoms with Gasteiger partial charge in [0, 0.05) is 21.7 Å². The van der Waals surface area contributed by atoms with Crippen molar-refractivity contribution >= 4 is 60.0 Å². The summed E-state index contributed by atoms with van der Waals surface area (Å²) in [5.41, 5.74) is 2.30. The average molecular weight is 431 g/mol. The van der Waals surface area contributed by atoms with Gasteiger partial charge in [0.1, 0.15) is 6.61 Å². The Morgan fingerprint density at radius 2 is 2.07 bits per heavy atom. The minimum Gasteiger partial charge on any atom is -0.457 e. The summed E-state index contributed by atoms with van der Waals surface area (Å²) in [4.78, 5) is 15.2. The maximum atomic E-state index is 12.5. The number of fused-ring (bicyclic) bond motifs is 4. The number of esters is 1. The Kier molecular flexibility index (Phi) is 4.18. The summed E-state index contributed by atoms with van der Waals surface area (Å²) in [6.07, 6.45) is 0. The van der Waals surface area contributed by atoms with Crippen LogP contribution in [0.5, 0.6) is 0 Å². The van der Waals surface area contributed by atoms with Crippen molar-refractivity contribution in [3.8, 4) is 0 Å². The van der Waals surface area contributed by atoms with E-state index in [9.17, 15) is 13.2 Å². The number of carbonyl (C=O) groups excluding carboxylic acids is 1. The zero-order chi connectivity index (χ0) is 19.3. The molecule has 0 saturated carbocycles. The van der Waals surface area contributed by atoms with Crippen molar-refractivity contribution in [2.45, 2.75) is 11.5 Å². The highest BCUT2D eigenvalue weighted by molar-refractivity contribution is 8.15. The number of rotatable bonds is 3. The molecule has 142 valence electrons. The van der Waals surface area contributed by atoms with Crippen molar-refractivity contribution in [3.63, 3.8) is 0 Å². The van der Waals surface area contributed by atoms with Gasteiger partial charge in [-0.1, -0.05) is 18.2 Å². The lowest BCUT2D eigenvalue weighted by Crippen LogP contribution is -2.35. The Morgan fingerprint density at radius 1 is 1.21 bits per heavy atom. The van der Waals surface area contributed by atoms with Crippen LogP contribution in [-0.2, 0) is 21.4 Å². The number of ether oxygens (including phenoxy) is 1. The molecule has 5 rings (SSSR count). The van der Waals surface area contributed by atoms with E-state index in [1.165, 1.54) is 11.8 Å². The van der Waals surface area contributed by atoms with Gasteiger partial charge in [0.2, 0.25) is 0 Å². The van der Waals surface area contributed by atoms with Gasteiger partial charge in [0.15, 0.2) is 5.17 Å². The molecule has 2 aliphatic heterocycles. The lowest BCUT2D eigenvalue weighted by molar-refractivity contribution is 0.0474. The summed E-state index contributed by atoms with van der Waals surface area (Å²) < 4.78 is 33.9. The molecular weight excluding hydrogens is 416 g/mol. The highest BCUT2D eigenvalue weighted by atomic mass is 32.2. The molecule has 1 aromatic heterocycles. The van der Waals surface area contributed by atoms with Crippen LogP contribution in [0.3, 0.4) is 0 Å². The average Bonchev–Trinajstić information content (AvgIpc) is 3.25. The second-order valence-electron chi connectivity index (χ2n) is 6.43. The van der Waals surface area contributed by atoms with Gasteiger partial charge < -0.3 is 9.64 Å². The first-order valence-corrected chi connectivity index (χ1v) is 11.8. The van der Waals surface area contributed by atoms with Crippen LogP contribution in [0.2, 0.25) is 0 Å². The van der Waals surface area contributed by atoms with Gasteiger partial charge in [-0.3, -0.25) is 0 Å². The number of amidine groups is 1. The summed E-state index contributed by atoms with van der Waals surface area (Å²) in [6, 6.07) is 13.3. The molecule has 0 unspecified atom stereocenters. The Bertz CT molecular complexity index is 1250. The van der Waals surface area contributed by atoms with Gasteiger partial charge in [-0.2, -0.15) is 0 Å². The predicted octanol–water partition coefficient (Wildman–Crippen LogP) is 3.87. The van der Waals surface area contributed by atoms with Gasteiger partial charge in [-0.05, 0) is 46.8 Å². The van der Waals surface area contributed by atoms with E-state index >= 15 is 0 Å². The highest BCUT2D eigenvalue weighted by Crippen LogP contribution is 2.42. The van der Waals surface area contributed by atoms with Gasteiger partial charge in [-0.25, -0.2) is 13.2 Å². The maximum absolute atomic E-state index is 12.5. The zero-order valence-corrected chi connectivity index (χ0v) is 16.9. The number of thiophene rings is 1. The van der Waals surface area contributed by atoms with Crippen molar-refractivity contribution in [2.75, 3.05) is 17.2 Å². The predicted molar refractivity (Wildman–Crippen MR) is 112 cm³/mol. The third kappa shape index (κ3) is 3.09. The van der Waals surface area contributed by atoms with Gasteiger partial charge in [0.25, 0.3) is 10.0 Å². The minimum atomic E-state index is -3.40. The monoisotopic (exact) mass is 430 g/mol. The van der Waals surface area contributed by atoms with Crippen molar-refractivity contribution < 1.29 is 17.9 Å². The molecule has 0 bridgehead atoms. The maximum Gasteiger partial charge on any atom is 0.338 e. The zero-order valence-electron chi connectivity index (χ0n) is 14.5. The molecule has 0 saturated heterocycles. The Balaban J connectivity index is 1.35. The van der Waals surface area contributed by atoms with Crippen LogP contribution in [0, 0.1) is 0 Å². The second-order valence-corrected chi connectivity index (χ2v) is 10.1. The fourth-order valence-corrected chi connectivity index (χ4v) is 6.47. The number of carbonyl (C=O) groups is 1. The summed E-state index contributed by atoms with van der Waals surface area (Å²) in [7, 11) is -3.40. The van der Waals surface area contributed by atoms with Crippen molar-refractivity contribution in [2.24, 2.45) is 4.40 Å². The first kappa shape index (κ1) is 17.7. The highest BCUT2D eigenvalue weighted by Gasteiger charge is 2.33. The molecule has 0 N–H and O–H groups in total. The van der Waals surface area contributed by atoms with Crippen LogP contribution in [0.4, 0.5) is 5.69 Å². The second kappa shape index (κ2) is 6.61. The SMILES string of the molecule is O=C(OCc1csc2ccccc12)c1ccc2c(c1)SC1=NS(=O)(=O)CCN12. The van der Waals surface area contributed by atoms with Crippen LogP contribution in [0.25, 0.3) is 10.1 Å². The Morgan fingerprint density at radius 3 is 2.96 bits per heavy atom. The van der Waals surface area contributed by atoms with Crippen LogP contribution in [-0.4, -0.2) is 31.9 Å². The first-order chi connectivity index (χ1) is 13.5. The van der Waals surface area contributed by atoms with Crippen LogP contribution in [0.1, 0.15) is 15.9 Å². The number of benzene rings is 2. The molecule has 9 heteroatoms. The van der Waals surface area contributed by atoms with E-state index in [0.717, 1.165) is 26.2 Å². The molecule has 2 aromatic carbocycles. The standard InChI is InChI=1S/C19H14N2O4S3/c22-18(25-10-13-11-26-16-4-2-1-3-14(13)16)12-5-6-15-17(9-12)27-19-20-28(23,24)8-7-21(15)19/h1-6,9,11H,7-8,10H2. The van der Waals surface area contributed by atoms with Gasteiger partial charge >= 0.3 is 5.97 Å². The number of hydrogen-bond donors (Lipinski definition) is 0. The molecule has 0 atom stereocenters. The minimum absolute atomic E-state index is 0.00507. The van der Waals surface area contributed by atoms with Crippen molar-refractivity contribution in [3.05, 3.63) is 59.0 Å². The third-order valence-corrected chi connectivity index (χ3v) is 7.95. The largest absolute Gasteiger partial charge is 0.457 e. The number of sulfonamides is 1.